The molecule has 2 rings (SSSR count). The molecule has 0 heterocycles. The second-order valence-corrected chi connectivity index (χ2v) is 6.43. The van der Waals surface area contributed by atoms with Crippen molar-refractivity contribution in [1.29, 1.82) is 0 Å². The molecule has 8 heteroatoms. The molecule has 5 nitrogen and oxygen atoms in total. The summed E-state index contributed by atoms with van der Waals surface area (Å²) >= 11 is 0. The van der Waals surface area contributed by atoms with E-state index in [4.69, 9.17) is 5.73 Å². The van der Waals surface area contributed by atoms with Crippen molar-refractivity contribution in [1.82, 2.24) is 4.72 Å². The van der Waals surface area contributed by atoms with Gasteiger partial charge in [0.15, 0.2) is 4.90 Å². The van der Waals surface area contributed by atoms with Crippen molar-refractivity contribution >= 4 is 15.9 Å². The molecule has 0 radical (unpaired) electrons. The van der Waals surface area contributed by atoms with E-state index in [1.807, 2.05) is 0 Å². The van der Waals surface area contributed by atoms with Gasteiger partial charge in [0.1, 0.15) is 17.2 Å². The van der Waals surface area contributed by atoms with Crippen molar-refractivity contribution < 1.29 is 22.0 Å². The summed E-state index contributed by atoms with van der Waals surface area (Å²) in [6.07, 6.45) is 1.67. The number of hydrogen-bond donors (Lipinski definition) is 2. The summed E-state index contributed by atoms with van der Waals surface area (Å²) in [5, 5.41) is 0. The highest BCUT2D eigenvalue weighted by Gasteiger charge is 2.44. The van der Waals surface area contributed by atoms with E-state index < -0.39 is 38.0 Å². The zero-order valence-corrected chi connectivity index (χ0v) is 11.3. The topological polar surface area (TPSA) is 89.3 Å². The van der Waals surface area contributed by atoms with E-state index in [0.717, 1.165) is 18.2 Å². The molecule has 0 saturated heterocycles. The van der Waals surface area contributed by atoms with Crippen molar-refractivity contribution in [2.24, 2.45) is 5.73 Å². The van der Waals surface area contributed by atoms with E-state index >= 15 is 0 Å². The maximum Gasteiger partial charge on any atom is 0.247 e. The first kappa shape index (κ1) is 14.9. The maximum absolute atomic E-state index is 13.6. The van der Waals surface area contributed by atoms with Gasteiger partial charge in [0.2, 0.25) is 15.9 Å². The van der Waals surface area contributed by atoms with E-state index in [-0.39, 0.29) is 12.8 Å². The van der Waals surface area contributed by atoms with Gasteiger partial charge >= 0.3 is 0 Å². The van der Waals surface area contributed by atoms with Crippen molar-refractivity contribution in [2.75, 3.05) is 0 Å². The van der Waals surface area contributed by atoms with Crippen LogP contribution in [0.2, 0.25) is 0 Å². The number of amides is 1. The van der Waals surface area contributed by atoms with Crippen LogP contribution in [0.1, 0.15) is 25.7 Å². The molecule has 0 aromatic heterocycles. The van der Waals surface area contributed by atoms with E-state index in [1.165, 1.54) is 0 Å². The molecule has 3 N–H and O–H groups in total. The van der Waals surface area contributed by atoms with Gasteiger partial charge in [0, 0.05) is 0 Å². The Labute approximate surface area is 115 Å². The zero-order chi connectivity index (χ0) is 15.0. The average Bonchev–Trinajstić information content (AvgIpc) is 2.77. The number of primary amides is 1. The highest BCUT2D eigenvalue weighted by atomic mass is 32.2. The number of carbonyl (C=O) groups is 1. The minimum Gasteiger partial charge on any atom is -0.368 e. The van der Waals surface area contributed by atoms with Crippen LogP contribution < -0.4 is 10.5 Å². The van der Waals surface area contributed by atoms with Crippen molar-refractivity contribution in [2.45, 2.75) is 36.1 Å². The third-order valence-electron chi connectivity index (χ3n) is 3.45. The van der Waals surface area contributed by atoms with Gasteiger partial charge in [0.05, 0.1) is 0 Å². The van der Waals surface area contributed by atoms with Gasteiger partial charge in [-0.1, -0.05) is 18.9 Å². The number of hydrogen-bond acceptors (Lipinski definition) is 3. The lowest BCUT2D eigenvalue weighted by Crippen LogP contribution is -2.55. The summed E-state index contributed by atoms with van der Waals surface area (Å²) in [5.41, 5.74) is 3.78. The van der Waals surface area contributed by atoms with Gasteiger partial charge in [-0.2, -0.15) is 4.72 Å². The van der Waals surface area contributed by atoms with Crippen molar-refractivity contribution in [3.8, 4) is 0 Å². The molecule has 110 valence electrons. The van der Waals surface area contributed by atoms with Gasteiger partial charge in [-0.15, -0.1) is 0 Å². The van der Waals surface area contributed by atoms with Crippen LogP contribution in [0.15, 0.2) is 23.1 Å². The molecule has 0 atom stereocenters. The average molecular weight is 304 g/mol. The first-order valence-electron chi connectivity index (χ1n) is 6.06. The number of rotatable bonds is 4. The molecular weight excluding hydrogens is 290 g/mol. The van der Waals surface area contributed by atoms with Gasteiger partial charge in [-0.3, -0.25) is 4.79 Å². The van der Waals surface area contributed by atoms with Gasteiger partial charge < -0.3 is 5.73 Å². The summed E-state index contributed by atoms with van der Waals surface area (Å²) in [5.74, 6) is -3.26. The first-order valence-corrected chi connectivity index (χ1v) is 7.55. The van der Waals surface area contributed by atoms with Crippen LogP contribution in [0.3, 0.4) is 0 Å². The molecule has 0 spiro atoms. The normalized spacial score (nSPS) is 18.1. The van der Waals surface area contributed by atoms with Gasteiger partial charge in [0.25, 0.3) is 0 Å². The lowest BCUT2D eigenvalue weighted by atomic mass is 9.99. The molecular formula is C12H14F2N2O3S. The van der Waals surface area contributed by atoms with E-state index in [0.29, 0.717) is 12.8 Å². The molecule has 0 aliphatic heterocycles. The fraction of sp³-hybridized carbons (Fsp3) is 0.417. The van der Waals surface area contributed by atoms with E-state index in [2.05, 4.69) is 4.72 Å². The molecule has 1 fully saturated rings. The third-order valence-corrected chi connectivity index (χ3v) is 5.03. The highest BCUT2D eigenvalue weighted by molar-refractivity contribution is 7.89. The van der Waals surface area contributed by atoms with E-state index in [1.54, 1.807) is 0 Å². The minimum atomic E-state index is -4.51. The highest BCUT2D eigenvalue weighted by Crippen LogP contribution is 2.31. The van der Waals surface area contributed by atoms with Crippen LogP contribution in [0.4, 0.5) is 8.78 Å². The Kier molecular flexibility index (Phi) is 3.79. The predicted octanol–water partition coefficient (Wildman–Crippen LogP) is 1.04. The van der Waals surface area contributed by atoms with E-state index in [9.17, 15) is 22.0 Å². The van der Waals surface area contributed by atoms with Crippen LogP contribution in [0.25, 0.3) is 0 Å². The fourth-order valence-corrected chi connectivity index (χ4v) is 4.00. The Bertz CT molecular complexity index is 620. The first-order chi connectivity index (χ1) is 9.28. The molecule has 20 heavy (non-hydrogen) atoms. The zero-order valence-electron chi connectivity index (χ0n) is 10.5. The smallest absolute Gasteiger partial charge is 0.247 e. The fourth-order valence-electron chi connectivity index (χ4n) is 2.42. The second kappa shape index (κ2) is 5.10. The molecule has 1 aromatic carbocycles. The van der Waals surface area contributed by atoms with Gasteiger partial charge in [-0.25, -0.2) is 17.2 Å². The third kappa shape index (κ3) is 2.53. The number of carbonyl (C=O) groups excluding carboxylic acids is 1. The Morgan fingerprint density at radius 3 is 2.15 bits per heavy atom. The summed E-state index contributed by atoms with van der Waals surface area (Å²) in [6, 6.07) is 2.73. The van der Waals surface area contributed by atoms with Crippen molar-refractivity contribution in [3.63, 3.8) is 0 Å². The van der Waals surface area contributed by atoms with Gasteiger partial charge in [-0.05, 0) is 25.0 Å². The van der Waals surface area contributed by atoms with Crippen LogP contribution >= 0.6 is 0 Å². The van der Waals surface area contributed by atoms with Crippen LogP contribution in [0.5, 0.6) is 0 Å². The quantitative estimate of drug-likeness (QED) is 0.871. The molecule has 0 unspecified atom stereocenters. The summed E-state index contributed by atoms with van der Waals surface area (Å²) in [6.45, 7) is 0. The Morgan fingerprint density at radius 2 is 1.70 bits per heavy atom. The Hall–Kier alpha value is -1.54. The molecule has 1 aromatic rings. The lowest BCUT2D eigenvalue weighted by molar-refractivity contribution is -0.123. The number of sulfonamides is 1. The molecule has 0 bridgehead atoms. The minimum absolute atomic E-state index is 0.220. The Morgan fingerprint density at radius 1 is 1.20 bits per heavy atom. The number of nitrogens with two attached hydrogens (primary N) is 1. The Balaban J connectivity index is 2.44. The molecule has 1 aliphatic carbocycles. The molecule has 1 saturated carbocycles. The summed E-state index contributed by atoms with van der Waals surface area (Å²) in [7, 11) is -4.51. The molecule has 1 aliphatic rings. The summed E-state index contributed by atoms with van der Waals surface area (Å²) in [4.78, 5) is 10.4. The van der Waals surface area contributed by atoms with Crippen LogP contribution in [-0.4, -0.2) is 19.9 Å². The summed E-state index contributed by atoms with van der Waals surface area (Å²) < 4.78 is 53.5. The standard InChI is InChI=1S/C12H14F2N2O3S/c13-8-4-3-5-9(14)10(8)20(18,19)16-12(11(15)17)6-1-2-7-12/h3-5,16H,1-2,6-7H2,(H2,15,17). The molecule has 1 amide bonds. The number of nitrogens with one attached hydrogen (secondary N) is 1. The van der Waals surface area contributed by atoms with Crippen LogP contribution in [0, 0.1) is 11.6 Å². The number of benzene rings is 1. The van der Waals surface area contributed by atoms with Crippen molar-refractivity contribution in [3.05, 3.63) is 29.8 Å². The monoisotopic (exact) mass is 304 g/mol. The number of halogens is 2. The predicted molar refractivity (Wildman–Crippen MR) is 67.1 cm³/mol. The second-order valence-electron chi connectivity index (χ2n) is 4.81. The SMILES string of the molecule is NC(=O)C1(NS(=O)(=O)c2c(F)cccc2F)CCCC1. The largest absolute Gasteiger partial charge is 0.368 e. The van der Waals surface area contributed by atoms with Crippen LogP contribution in [-0.2, 0) is 14.8 Å². The maximum atomic E-state index is 13.6. The lowest BCUT2D eigenvalue weighted by Gasteiger charge is -2.26.